The minimum Gasteiger partial charge on any atom is -0.477 e. The van der Waals surface area contributed by atoms with Crippen LogP contribution in [0.4, 0.5) is 22.0 Å². The van der Waals surface area contributed by atoms with Crippen molar-refractivity contribution in [1.29, 1.82) is 0 Å². The molecule has 9 heteroatoms. The molecular formula is C8H7F5N2O2. The van der Waals surface area contributed by atoms with Gasteiger partial charge in [0.1, 0.15) is 5.69 Å². The van der Waals surface area contributed by atoms with Gasteiger partial charge in [-0.15, -0.1) is 0 Å². The number of nitrogens with zero attached hydrogens (tertiary/aromatic N) is 2. The predicted molar refractivity (Wildman–Crippen MR) is 44.9 cm³/mol. The van der Waals surface area contributed by atoms with Gasteiger partial charge in [0.05, 0.1) is 12.1 Å². The number of hydrogen-bond donors (Lipinski definition) is 1. The van der Waals surface area contributed by atoms with Gasteiger partial charge in [0.2, 0.25) is 0 Å². The summed E-state index contributed by atoms with van der Waals surface area (Å²) >= 11 is 0. The second-order valence-corrected chi connectivity index (χ2v) is 3.33. The van der Waals surface area contributed by atoms with Crippen molar-refractivity contribution >= 4 is 5.97 Å². The number of aryl methyl sites for hydroxylation is 1. The Morgan fingerprint density at radius 3 is 2.29 bits per heavy atom. The van der Waals surface area contributed by atoms with Crippen LogP contribution in [0, 0.1) is 0 Å². The largest absolute Gasteiger partial charge is 0.477 e. The van der Waals surface area contributed by atoms with Crippen molar-refractivity contribution in [2.45, 2.75) is 18.5 Å². The number of aromatic carboxylic acids is 1. The van der Waals surface area contributed by atoms with E-state index in [1.54, 1.807) is 0 Å². The fourth-order valence-corrected chi connectivity index (χ4v) is 1.14. The summed E-state index contributed by atoms with van der Waals surface area (Å²) < 4.78 is 61.7. The van der Waals surface area contributed by atoms with Crippen LogP contribution < -0.4 is 0 Å². The molecule has 96 valence electrons. The third-order valence-corrected chi connectivity index (χ3v) is 1.97. The molecule has 1 heterocycles. The molecule has 1 aromatic heterocycles. The van der Waals surface area contributed by atoms with Gasteiger partial charge < -0.3 is 5.11 Å². The van der Waals surface area contributed by atoms with Crippen LogP contribution in [0.5, 0.6) is 0 Å². The molecule has 0 bridgehead atoms. The molecule has 0 spiro atoms. The van der Waals surface area contributed by atoms with E-state index in [1.807, 2.05) is 0 Å². The smallest absolute Gasteiger partial charge is 0.453 e. The molecule has 0 aliphatic rings. The topological polar surface area (TPSA) is 55.1 Å². The molecule has 1 aromatic rings. The standard InChI is InChI=1S/C8H7F5N2O2/c1-15-5(6(16)17)2-4(14-15)3-7(9,10)8(11,12)13/h2H,3H2,1H3,(H,16,17). The Hall–Kier alpha value is -1.67. The average molecular weight is 258 g/mol. The van der Waals surface area contributed by atoms with Gasteiger partial charge in [-0.05, 0) is 6.07 Å². The molecule has 0 aliphatic heterocycles. The summed E-state index contributed by atoms with van der Waals surface area (Å²) in [4.78, 5) is 10.5. The van der Waals surface area contributed by atoms with Gasteiger partial charge >= 0.3 is 18.1 Å². The molecule has 0 fully saturated rings. The number of alkyl halides is 5. The summed E-state index contributed by atoms with van der Waals surface area (Å²) in [5.74, 6) is -6.39. The highest BCUT2D eigenvalue weighted by Crippen LogP contribution is 2.37. The molecule has 0 aromatic carbocycles. The number of carboxylic acids is 1. The van der Waals surface area contributed by atoms with Crippen molar-refractivity contribution < 1.29 is 31.9 Å². The number of halogens is 5. The van der Waals surface area contributed by atoms with E-state index in [9.17, 15) is 26.7 Å². The van der Waals surface area contributed by atoms with Gasteiger partial charge in [-0.25, -0.2) is 4.79 Å². The molecule has 0 saturated heterocycles. The first kappa shape index (κ1) is 13.4. The van der Waals surface area contributed by atoms with E-state index in [1.165, 1.54) is 0 Å². The minimum absolute atomic E-state index is 0.460. The first-order valence-electron chi connectivity index (χ1n) is 4.25. The van der Waals surface area contributed by atoms with E-state index in [-0.39, 0.29) is 0 Å². The normalized spacial score (nSPS) is 12.8. The molecule has 4 nitrogen and oxygen atoms in total. The van der Waals surface area contributed by atoms with Crippen LogP contribution in [0.2, 0.25) is 0 Å². The summed E-state index contributed by atoms with van der Waals surface area (Å²) in [6, 6.07) is 0.683. The van der Waals surface area contributed by atoms with E-state index >= 15 is 0 Å². The maximum Gasteiger partial charge on any atom is 0.453 e. The molecule has 0 unspecified atom stereocenters. The summed E-state index contributed by atoms with van der Waals surface area (Å²) in [5, 5.41) is 11.9. The second-order valence-electron chi connectivity index (χ2n) is 3.33. The number of rotatable bonds is 3. The lowest BCUT2D eigenvalue weighted by atomic mass is 10.1. The van der Waals surface area contributed by atoms with Gasteiger partial charge in [-0.2, -0.15) is 27.1 Å². The minimum atomic E-state index is -5.69. The van der Waals surface area contributed by atoms with Gasteiger partial charge in [0.25, 0.3) is 0 Å². The van der Waals surface area contributed by atoms with Crippen LogP contribution in [0.1, 0.15) is 16.2 Å². The Labute approximate surface area is 91.6 Å². The third kappa shape index (κ3) is 2.71. The van der Waals surface area contributed by atoms with Crippen LogP contribution in [0.15, 0.2) is 6.07 Å². The average Bonchev–Trinajstić information content (AvgIpc) is 2.43. The summed E-state index contributed by atoms with van der Waals surface area (Å²) in [7, 11) is 1.14. The third-order valence-electron chi connectivity index (χ3n) is 1.97. The Morgan fingerprint density at radius 2 is 1.94 bits per heavy atom. The molecule has 0 radical (unpaired) electrons. The molecule has 1 rings (SSSR count). The van der Waals surface area contributed by atoms with Crippen molar-refractivity contribution in [3.63, 3.8) is 0 Å². The lowest BCUT2D eigenvalue weighted by Gasteiger charge is -2.18. The van der Waals surface area contributed by atoms with Crippen LogP contribution >= 0.6 is 0 Å². The predicted octanol–water partition coefficient (Wildman–Crippen LogP) is 1.86. The molecule has 0 amide bonds. The Bertz CT molecular complexity index is 438. The monoisotopic (exact) mass is 258 g/mol. The number of carboxylic acid groups (broad SMARTS) is 1. The van der Waals surface area contributed by atoms with Crippen molar-refractivity contribution in [1.82, 2.24) is 9.78 Å². The molecular weight excluding hydrogens is 251 g/mol. The fourth-order valence-electron chi connectivity index (χ4n) is 1.14. The zero-order chi connectivity index (χ0) is 13.4. The lowest BCUT2D eigenvalue weighted by molar-refractivity contribution is -0.281. The first-order chi connectivity index (χ1) is 7.54. The number of aromatic nitrogens is 2. The fraction of sp³-hybridized carbons (Fsp3) is 0.500. The summed E-state index contributed by atoms with van der Waals surface area (Å²) in [6.45, 7) is 0. The SMILES string of the molecule is Cn1nc(CC(F)(F)C(F)(F)F)cc1C(=O)O. The Morgan fingerprint density at radius 1 is 1.41 bits per heavy atom. The van der Waals surface area contributed by atoms with E-state index < -0.39 is 35.9 Å². The maximum absolute atomic E-state index is 12.6. The van der Waals surface area contributed by atoms with Crippen molar-refractivity contribution in [3.8, 4) is 0 Å². The Balaban J connectivity index is 2.97. The number of hydrogen-bond acceptors (Lipinski definition) is 2. The van der Waals surface area contributed by atoms with Gasteiger partial charge in [-0.1, -0.05) is 0 Å². The Kier molecular flexibility index (Phi) is 3.13. The molecule has 1 N–H and O–H groups in total. The number of carbonyl (C=O) groups is 1. The van der Waals surface area contributed by atoms with E-state index in [0.717, 1.165) is 11.7 Å². The van der Waals surface area contributed by atoms with Gasteiger partial charge in [-0.3, -0.25) is 4.68 Å². The highest BCUT2D eigenvalue weighted by atomic mass is 19.4. The van der Waals surface area contributed by atoms with Crippen molar-refractivity contribution in [2.75, 3.05) is 0 Å². The summed E-state index contributed by atoms with van der Waals surface area (Å²) in [6.07, 6.45) is -7.37. The molecule has 0 atom stereocenters. The van der Waals surface area contributed by atoms with Crippen molar-refractivity contribution in [3.05, 3.63) is 17.5 Å². The highest BCUT2D eigenvalue weighted by Gasteiger charge is 2.57. The maximum atomic E-state index is 12.6. The van der Waals surface area contributed by atoms with Crippen LogP contribution in [0.3, 0.4) is 0 Å². The first-order valence-corrected chi connectivity index (χ1v) is 4.25. The van der Waals surface area contributed by atoms with Crippen LogP contribution in [-0.4, -0.2) is 33.0 Å². The molecule has 17 heavy (non-hydrogen) atoms. The van der Waals surface area contributed by atoms with Crippen LogP contribution in [-0.2, 0) is 13.5 Å². The van der Waals surface area contributed by atoms with Crippen LogP contribution in [0.25, 0.3) is 0 Å². The highest BCUT2D eigenvalue weighted by molar-refractivity contribution is 5.85. The lowest BCUT2D eigenvalue weighted by Crippen LogP contribution is -2.38. The van der Waals surface area contributed by atoms with E-state index in [4.69, 9.17) is 5.11 Å². The van der Waals surface area contributed by atoms with E-state index in [2.05, 4.69) is 5.10 Å². The van der Waals surface area contributed by atoms with Crippen molar-refractivity contribution in [2.24, 2.45) is 7.05 Å². The summed E-state index contributed by atoms with van der Waals surface area (Å²) in [5.41, 5.74) is -1.09. The quantitative estimate of drug-likeness (QED) is 0.842. The molecule has 0 saturated carbocycles. The molecule has 0 aliphatic carbocycles. The zero-order valence-corrected chi connectivity index (χ0v) is 8.42. The second kappa shape index (κ2) is 3.97. The zero-order valence-electron chi connectivity index (χ0n) is 8.42. The van der Waals surface area contributed by atoms with Gasteiger partial charge in [0, 0.05) is 7.05 Å². The van der Waals surface area contributed by atoms with E-state index in [0.29, 0.717) is 6.07 Å². The van der Waals surface area contributed by atoms with Gasteiger partial charge in [0.15, 0.2) is 0 Å².